The number of aryl methyl sites for hydroxylation is 2. The van der Waals surface area contributed by atoms with Crippen LogP contribution in [0.25, 0.3) is 0 Å². The Morgan fingerprint density at radius 1 is 0.957 bits per heavy atom. The molecule has 0 aliphatic heterocycles. The molecule has 0 atom stereocenters. The second kappa shape index (κ2) is 11.1. The highest BCUT2D eigenvalue weighted by Gasteiger charge is 2.19. The summed E-state index contributed by atoms with van der Waals surface area (Å²) in [5, 5.41) is 0. The lowest BCUT2D eigenvalue weighted by Gasteiger charge is -2.17. The molecule has 0 spiro atoms. The molecule has 0 aliphatic carbocycles. The van der Waals surface area contributed by atoms with E-state index >= 15 is 0 Å². The van der Waals surface area contributed by atoms with Crippen LogP contribution in [0.2, 0.25) is 0 Å². The molecule has 0 unspecified atom stereocenters. The molecule has 1 aromatic carbocycles. The molecular formula is C20H32O3. The first kappa shape index (κ1) is 19.5. The first-order chi connectivity index (χ1) is 11.2. The minimum Gasteiger partial charge on any atom is -0.492 e. The highest BCUT2D eigenvalue weighted by molar-refractivity contribution is 5.93. The van der Waals surface area contributed by atoms with Gasteiger partial charge in [-0.25, -0.2) is 4.79 Å². The fraction of sp³-hybridized carbons (Fsp3) is 0.650. The maximum absolute atomic E-state index is 12.4. The SMILES string of the molecule is CCCCc1cc(CCCC)c(OCCC)c(C(=O)OCC)c1. The van der Waals surface area contributed by atoms with Crippen molar-refractivity contribution in [2.24, 2.45) is 0 Å². The topological polar surface area (TPSA) is 35.5 Å². The number of benzene rings is 1. The van der Waals surface area contributed by atoms with Crippen molar-refractivity contribution in [3.8, 4) is 5.75 Å². The average molecular weight is 320 g/mol. The van der Waals surface area contributed by atoms with Crippen LogP contribution >= 0.6 is 0 Å². The van der Waals surface area contributed by atoms with E-state index in [-0.39, 0.29) is 5.97 Å². The second-order valence-electron chi connectivity index (χ2n) is 5.91. The van der Waals surface area contributed by atoms with Crippen LogP contribution < -0.4 is 4.74 Å². The third kappa shape index (κ3) is 6.25. The normalized spacial score (nSPS) is 10.6. The summed E-state index contributed by atoms with van der Waals surface area (Å²) in [6, 6.07) is 4.19. The van der Waals surface area contributed by atoms with Crippen LogP contribution in [-0.2, 0) is 17.6 Å². The summed E-state index contributed by atoms with van der Waals surface area (Å²) in [7, 11) is 0. The van der Waals surface area contributed by atoms with Crippen LogP contribution in [0.5, 0.6) is 5.75 Å². The summed E-state index contributed by atoms with van der Waals surface area (Å²) in [5.74, 6) is 0.466. The molecule has 1 aromatic rings. The lowest BCUT2D eigenvalue weighted by Crippen LogP contribution is -2.11. The second-order valence-corrected chi connectivity index (χ2v) is 5.91. The van der Waals surface area contributed by atoms with Crippen molar-refractivity contribution in [2.45, 2.75) is 72.6 Å². The van der Waals surface area contributed by atoms with Crippen molar-refractivity contribution in [3.05, 3.63) is 28.8 Å². The van der Waals surface area contributed by atoms with E-state index in [1.807, 2.05) is 13.0 Å². The van der Waals surface area contributed by atoms with E-state index in [4.69, 9.17) is 9.47 Å². The molecule has 0 radical (unpaired) electrons. The summed E-state index contributed by atoms with van der Waals surface area (Å²) < 4.78 is 11.2. The van der Waals surface area contributed by atoms with Crippen LogP contribution in [-0.4, -0.2) is 19.2 Å². The Morgan fingerprint density at radius 2 is 1.65 bits per heavy atom. The van der Waals surface area contributed by atoms with E-state index in [0.29, 0.717) is 18.8 Å². The Balaban J connectivity index is 3.23. The van der Waals surface area contributed by atoms with Crippen molar-refractivity contribution >= 4 is 5.97 Å². The monoisotopic (exact) mass is 320 g/mol. The lowest BCUT2D eigenvalue weighted by atomic mass is 9.97. The van der Waals surface area contributed by atoms with Gasteiger partial charge < -0.3 is 9.47 Å². The van der Waals surface area contributed by atoms with Gasteiger partial charge in [0.15, 0.2) is 0 Å². The number of carbonyl (C=O) groups excluding carboxylic acids is 1. The molecule has 0 aromatic heterocycles. The molecular weight excluding hydrogens is 288 g/mol. The van der Waals surface area contributed by atoms with Crippen molar-refractivity contribution in [1.29, 1.82) is 0 Å². The van der Waals surface area contributed by atoms with Crippen LogP contribution in [0.1, 0.15) is 81.3 Å². The Hall–Kier alpha value is -1.51. The van der Waals surface area contributed by atoms with Crippen LogP contribution in [0, 0.1) is 0 Å². The van der Waals surface area contributed by atoms with Gasteiger partial charge in [0, 0.05) is 0 Å². The molecule has 0 fully saturated rings. The highest BCUT2D eigenvalue weighted by atomic mass is 16.5. The predicted molar refractivity (Wildman–Crippen MR) is 95.4 cm³/mol. The van der Waals surface area contributed by atoms with Gasteiger partial charge in [0.25, 0.3) is 0 Å². The number of esters is 1. The van der Waals surface area contributed by atoms with Crippen molar-refractivity contribution in [2.75, 3.05) is 13.2 Å². The minimum absolute atomic E-state index is 0.269. The third-order valence-electron chi connectivity index (χ3n) is 3.79. The van der Waals surface area contributed by atoms with Gasteiger partial charge in [0.2, 0.25) is 0 Å². The van der Waals surface area contributed by atoms with E-state index in [0.717, 1.165) is 56.3 Å². The zero-order valence-electron chi connectivity index (χ0n) is 15.2. The summed E-state index contributed by atoms with van der Waals surface area (Å²) in [6.07, 6.45) is 7.37. The number of carbonyl (C=O) groups is 1. The van der Waals surface area contributed by atoms with Gasteiger partial charge in [0.1, 0.15) is 11.3 Å². The number of ether oxygens (including phenoxy) is 2. The molecule has 0 saturated carbocycles. The largest absolute Gasteiger partial charge is 0.492 e. The van der Waals surface area contributed by atoms with E-state index in [9.17, 15) is 4.79 Å². The van der Waals surface area contributed by atoms with Crippen molar-refractivity contribution < 1.29 is 14.3 Å². The van der Waals surface area contributed by atoms with Crippen molar-refractivity contribution in [3.63, 3.8) is 0 Å². The van der Waals surface area contributed by atoms with Gasteiger partial charge in [-0.2, -0.15) is 0 Å². The standard InChI is InChI=1S/C20H32O3/c1-5-9-11-16-14-17(12-10-6-2)19(23-13-7-3)18(15-16)20(21)22-8-4/h14-15H,5-13H2,1-4H3. The smallest absolute Gasteiger partial charge is 0.341 e. The molecule has 3 heteroatoms. The number of hydrogen-bond acceptors (Lipinski definition) is 3. The van der Waals surface area contributed by atoms with Gasteiger partial charge in [-0.1, -0.05) is 39.7 Å². The molecule has 0 saturated heterocycles. The maximum Gasteiger partial charge on any atom is 0.341 e. The lowest BCUT2D eigenvalue weighted by molar-refractivity contribution is 0.0521. The molecule has 23 heavy (non-hydrogen) atoms. The van der Waals surface area contributed by atoms with E-state index < -0.39 is 0 Å². The van der Waals surface area contributed by atoms with Gasteiger partial charge in [-0.05, 0) is 56.2 Å². The van der Waals surface area contributed by atoms with Crippen LogP contribution in [0.15, 0.2) is 12.1 Å². The summed E-state index contributed by atoms with van der Waals surface area (Å²) in [4.78, 5) is 12.4. The van der Waals surface area contributed by atoms with Gasteiger partial charge >= 0.3 is 5.97 Å². The molecule has 0 bridgehead atoms. The van der Waals surface area contributed by atoms with Gasteiger partial charge in [-0.15, -0.1) is 0 Å². The van der Waals surface area contributed by atoms with E-state index in [1.54, 1.807) is 0 Å². The molecule has 3 nitrogen and oxygen atoms in total. The molecule has 0 heterocycles. The Labute approximate surface area is 141 Å². The van der Waals surface area contributed by atoms with E-state index in [2.05, 4.69) is 26.8 Å². The molecule has 0 aliphatic rings. The molecule has 0 N–H and O–H groups in total. The van der Waals surface area contributed by atoms with Crippen LogP contribution in [0.3, 0.4) is 0 Å². The average Bonchev–Trinajstić information content (AvgIpc) is 2.56. The Bertz CT molecular complexity index is 480. The molecule has 130 valence electrons. The fourth-order valence-corrected chi connectivity index (χ4v) is 2.57. The van der Waals surface area contributed by atoms with Crippen molar-refractivity contribution in [1.82, 2.24) is 0 Å². The van der Waals surface area contributed by atoms with Gasteiger partial charge in [-0.3, -0.25) is 0 Å². The predicted octanol–water partition coefficient (Wildman–Crippen LogP) is 5.34. The zero-order valence-corrected chi connectivity index (χ0v) is 15.2. The third-order valence-corrected chi connectivity index (χ3v) is 3.79. The fourth-order valence-electron chi connectivity index (χ4n) is 2.57. The summed E-state index contributed by atoms with van der Waals surface area (Å²) in [6.45, 7) is 9.28. The number of rotatable bonds is 11. The van der Waals surface area contributed by atoms with Crippen LogP contribution in [0.4, 0.5) is 0 Å². The maximum atomic E-state index is 12.4. The van der Waals surface area contributed by atoms with Gasteiger partial charge in [0.05, 0.1) is 13.2 Å². The molecule has 1 rings (SSSR count). The number of unbranched alkanes of at least 4 members (excludes halogenated alkanes) is 2. The quantitative estimate of drug-likeness (QED) is 0.516. The molecule has 0 amide bonds. The summed E-state index contributed by atoms with van der Waals surface area (Å²) >= 11 is 0. The first-order valence-corrected chi connectivity index (χ1v) is 9.13. The number of hydrogen-bond donors (Lipinski definition) is 0. The zero-order chi connectivity index (χ0) is 17.1. The highest BCUT2D eigenvalue weighted by Crippen LogP contribution is 2.29. The Kier molecular flexibility index (Phi) is 9.42. The summed E-state index contributed by atoms with van der Waals surface area (Å²) in [5.41, 5.74) is 2.96. The minimum atomic E-state index is -0.269. The first-order valence-electron chi connectivity index (χ1n) is 9.13. The Morgan fingerprint density at radius 3 is 2.26 bits per heavy atom. The van der Waals surface area contributed by atoms with E-state index in [1.165, 1.54) is 5.56 Å².